The first-order valence-corrected chi connectivity index (χ1v) is 8.05. The van der Waals surface area contributed by atoms with Gasteiger partial charge in [-0.15, -0.1) is 0 Å². The fourth-order valence-corrected chi connectivity index (χ4v) is 2.79. The molecule has 1 aliphatic carbocycles. The molecule has 2 amide bonds. The predicted octanol–water partition coefficient (Wildman–Crippen LogP) is 0.903. The number of rotatable bonds is 7. The van der Waals surface area contributed by atoms with Crippen molar-refractivity contribution in [3.63, 3.8) is 0 Å². The summed E-state index contributed by atoms with van der Waals surface area (Å²) in [5.41, 5.74) is 1.12. The van der Waals surface area contributed by atoms with Gasteiger partial charge >= 0.3 is 0 Å². The first-order valence-electron chi connectivity index (χ1n) is 8.05. The monoisotopic (exact) mass is 301 g/mol. The molecule has 0 bridgehead atoms. The van der Waals surface area contributed by atoms with E-state index in [1.54, 1.807) is 0 Å². The van der Waals surface area contributed by atoms with E-state index in [-0.39, 0.29) is 17.9 Å². The molecule has 5 heteroatoms. The van der Waals surface area contributed by atoms with Gasteiger partial charge in [0.2, 0.25) is 11.8 Å². The molecule has 1 saturated heterocycles. The average Bonchev–Trinajstić information content (AvgIpc) is 3.29. The Hall–Kier alpha value is -1.88. The molecule has 1 saturated carbocycles. The minimum Gasteiger partial charge on any atom is -0.343 e. The van der Waals surface area contributed by atoms with Crippen molar-refractivity contribution in [2.45, 2.75) is 31.8 Å². The van der Waals surface area contributed by atoms with Gasteiger partial charge in [0.05, 0.1) is 6.54 Å². The Balaban J connectivity index is 1.43. The highest BCUT2D eigenvalue weighted by molar-refractivity contribution is 5.89. The molecule has 1 atom stereocenters. The molecule has 1 aliphatic heterocycles. The van der Waals surface area contributed by atoms with Crippen molar-refractivity contribution in [3.05, 3.63) is 35.9 Å². The van der Waals surface area contributed by atoms with E-state index in [0.29, 0.717) is 26.1 Å². The standard InChI is InChI=1S/C17H23N3O2/c21-16(11-18-10-13-6-7-13)19-15-8-9-20(17(15)22)12-14-4-2-1-3-5-14/h1-5,13,15,18H,6-12H2,(H,19,21). The third-order valence-corrected chi connectivity index (χ3v) is 4.26. The molecule has 22 heavy (non-hydrogen) atoms. The summed E-state index contributed by atoms with van der Waals surface area (Å²) in [6.07, 6.45) is 3.23. The summed E-state index contributed by atoms with van der Waals surface area (Å²) in [5.74, 6) is 0.697. The predicted molar refractivity (Wildman–Crippen MR) is 84.0 cm³/mol. The third-order valence-electron chi connectivity index (χ3n) is 4.26. The van der Waals surface area contributed by atoms with Gasteiger partial charge in [0, 0.05) is 13.1 Å². The van der Waals surface area contributed by atoms with Crippen molar-refractivity contribution >= 4 is 11.8 Å². The Morgan fingerprint density at radius 1 is 1.18 bits per heavy atom. The van der Waals surface area contributed by atoms with Crippen LogP contribution in [-0.4, -0.2) is 42.4 Å². The number of nitrogens with one attached hydrogen (secondary N) is 2. The lowest BCUT2D eigenvalue weighted by Crippen LogP contribution is -2.44. The molecule has 2 aliphatic rings. The Morgan fingerprint density at radius 2 is 1.95 bits per heavy atom. The number of hydrogen-bond donors (Lipinski definition) is 2. The van der Waals surface area contributed by atoms with E-state index in [1.165, 1.54) is 12.8 Å². The van der Waals surface area contributed by atoms with Crippen LogP contribution in [0.3, 0.4) is 0 Å². The van der Waals surface area contributed by atoms with Gasteiger partial charge in [-0.25, -0.2) is 0 Å². The lowest BCUT2D eigenvalue weighted by molar-refractivity contribution is -0.132. The van der Waals surface area contributed by atoms with Gasteiger partial charge in [-0.1, -0.05) is 30.3 Å². The van der Waals surface area contributed by atoms with Crippen LogP contribution in [0.2, 0.25) is 0 Å². The number of carbonyl (C=O) groups excluding carboxylic acids is 2. The number of amides is 2. The summed E-state index contributed by atoms with van der Waals surface area (Å²) in [7, 11) is 0. The Bertz CT molecular complexity index is 528. The van der Waals surface area contributed by atoms with Crippen LogP contribution < -0.4 is 10.6 Å². The molecule has 2 fully saturated rings. The van der Waals surface area contributed by atoms with Crippen LogP contribution in [0.5, 0.6) is 0 Å². The van der Waals surface area contributed by atoms with Gasteiger partial charge in [-0.05, 0) is 37.3 Å². The van der Waals surface area contributed by atoms with Crippen LogP contribution in [0.4, 0.5) is 0 Å². The summed E-state index contributed by atoms with van der Waals surface area (Å²) < 4.78 is 0. The maximum Gasteiger partial charge on any atom is 0.245 e. The highest BCUT2D eigenvalue weighted by Gasteiger charge is 2.32. The quantitative estimate of drug-likeness (QED) is 0.787. The van der Waals surface area contributed by atoms with Gasteiger partial charge in [-0.3, -0.25) is 9.59 Å². The normalized spacial score (nSPS) is 21.2. The fourth-order valence-electron chi connectivity index (χ4n) is 2.79. The van der Waals surface area contributed by atoms with Gasteiger partial charge in [0.25, 0.3) is 0 Å². The second-order valence-corrected chi connectivity index (χ2v) is 6.23. The number of likely N-dealkylation sites (tertiary alicyclic amines) is 1. The van der Waals surface area contributed by atoms with Crippen molar-refractivity contribution in [2.75, 3.05) is 19.6 Å². The lowest BCUT2D eigenvalue weighted by Gasteiger charge is -2.17. The molecule has 0 aromatic heterocycles. The highest BCUT2D eigenvalue weighted by Crippen LogP contribution is 2.27. The maximum absolute atomic E-state index is 12.3. The molecule has 1 aromatic carbocycles. The Morgan fingerprint density at radius 3 is 2.68 bits per heavy atom. The zero-order valence-electron chi connectivity index (χ0n) is 12.8. The first-order chi connectivity index (χ1) is 10.7. The molecule has 1 aromatic rings. The number of carbonyl (C=O) groups is 2. The molecule has 1 unspecified atom stereocenters. The summed E-state index contributed by atoms with van der Waals surface area (Å²) in [6.45, 7) is 2.53. The molecule has 5 nitrogen and oxygen atoms in total. The lowest BCUT2D eigenvalue weighted by atomic mass is 10.2. The average molecular weight is 301 g/mol. The summed E-state index contributed by atoms with van der Waals surface area (Å²) in [4.78, 5) is 26.0. The fraction of sp³-hybridized carbons (Fsp3) is 0.529. The Labute approximate surface area is 131 Å². The van der Waals surface area contributed by atoms with Gasteiger partial charge in [0.1, 0.15) is 6.04 Å². The van der Waals surface area contributed by atoms with Crippen LogP contribution in [0.15, 0.2) is 30.3 Å². The van der Waals surface area contributed by atoms with Crippen molar-refractivity contribution in [3.8, 4) is 0 Å². The van der Waals surface area contributed by atoms with E-state index in [1.807, 2.05) is 35.2 Å². The molecule has 0 radical (unpaired) electrons. The maximum atomic E-state index is 12.3. The molecule has 0 spiro atoms. The molecule has 2 N–H and O–H groups in total. The largest absolute Gasteiger partial charge is 0.343 e. The first kappa shape index (κ1) is 15.0. The molecular weight excluding hydrogens is 278 g/mol. The van der Waals surface area contributed by atoms with Crippen molar-refractivity contribution in [2.24, 2.45) is 5.92 Å². The minimum absolute atomic E-state index is 0.0272. The topological polar surface area (TPSA) is 61.4 Å². The smallest absolute Gasteiger partial charge is 0.245 e. The number of nitrogens with zero attached hydrogens (tertiary/aromatic N) is 1. The molecule has 1 heterocycles. The molecule has 118 valence electrons. The summed E-state index contributed by atoms with van der Waals surface area (Å²) >= 11 is 0. The SMILES string of the molecule is O=C(CNCC1CC1)NC1CCN(Cc2ccccc2)C1=O. The van der Waals surface area contributed by atoms with E-state index < -0.39 is 0 Å². The van der Waals surface area contributed by atoms with E-state index >= 15 is 0 Å². The third kappa shape index (κ3) is 4.07. The second kappa shape index (κ2) is 6.92. The zero-order valence-corrected chi connectivity index (χ0v) is 12.8. The Kier molecular flexibility index (Phi) is 4.73. The highest BCUT2D eigenvalue weighted by atomic mass is 16.2. The van der Waals surface area contributed by atoms with E-state index in [2.05, 4.69) is 10.6 Å². The number of hydrogen-bond acceptors (Lipinski definition) is 3. The van der Waals surface area contributed by atoms with Crippen molar-refractivity contribution < 1.29 is 9.59 Å². The number of benzene rings is 1. The minimum atomic E-state index is -0.362. The van der Waals surface area contributed by atoms with Crippen LogP contribution >= 0.6 is 0 Å². The van der Waals surface area contributed by atoms with Gasteiger partial charge in [0.15, 0.2) is 0 Å². The molecule has 3 rings (SSSR count). The van der Waals surface area contributed by atoms with E-state index in [4.69, 9.17) is 0 Å². The zero-order chi connectivity index (χ0) is 15.4. The van der Waals surface area contributed by atoms with Gasteiger partial charge < -0.3 is 15.5 Å². The van der Waals surface area contributed by atoms with Crippen LogP contribution in [0.25, 0.3) is 0 Å². The van der Waals surface area contributed by atoms with Crippen molar-refractivity contribution in [1.29, 1.82) is 0 Å². The van der Waals surface area contributed by atoms with Crippen LogP contribution in [0.1, 0.15) is 24.8 Å². The van der Waals surface area contributed by atoms with E-state index in [0.717, 1.165) is 18.0 Å². The van der Waals surface area contributed by atoms with Crippen LogP contribution in [-0.2, 0) is 16.1 Å². The van der Waals surface area contributed by atoms with Crippen molar-refractivity contribution in [1.82, 2.24) is 15.5 Å². The molecular formula is C17H23N3O2. The van der Waals surface area contributed by atoms with Crippen LogP contribution in [0, 0.1) is 5.92 Å². The second-order valence-electron chi connectivity index (χ2n) is 6.23. The van der Waals surface area contributed by atoms with E-state index in [9.17, 15) is 9.59 Å². The van der Waals surface area contributed by atoms with Gasteiger partial charge in [-0.2, -0.15) is 0 Å². The summed E-state index contributed by atoms with van der Waals surface area (Å²) in [5, 5.41) is 6.00. The summed E-state index contributed by atoms with van der Waals surface area (Å²) in [6, 6.07) is 9.58.